The monoisotopic (exact) mass is 212 g/mol. The van der Waals surface area contributed by atoms with E-state index in [1.165, 1.54) is 22.6 Å². The molecule has 0 amide bonds. The van der Waals surface area contributed by atoms with Gasteiger partial charge in [0.25, 0.3) is 0 Å². The third-order valence-corrected chi connectivity index (χ3v) is 3.60. The maximum atomic E-state index is 3.51. The molecule has 0 radical (unpaired) electrons. The van der Waals surface area contributed by atoms with Crippen molar-refractivity contribution in [2.75, 3.05) is 5.32 Å². The van der Waals surface area contributed by atoms with Gasteiger partial charge < -0.3 is 9.88 Å². The molecule has 0 fully saturated rings. The molecule has 2 heteroatoms. The van der Waals surface area contributed by atoms with Gasteiger partial charge in [-0.25, -0.2) is 0 Å². The average molecular weight is 212 g/mol. The highest BCUT2D eigenvalue weighted by molar-refractivity contribution is 5.73. The third kappa shape index (κ3) is 1.07. The Morgan fingerprint density at radius 2 is 1.81 bits per heavy atom. The number of rotatable bonds is 0. The fraction of sp³-hybridized carbons (Fsp3) is 0.286. The molecule has 2 heterocycles. The Hall–Kier alpha value is -1.70. The molecule has 1 aromatic heterocycles. The number of para-hydroxylation sites is 1. The summed E-state index contributed by atoms with van der Waals surface area (Å²) < 4.78 is 2.15. The Balaban J connectivity index is 2.29. The van der Waals surface area contributed by atoms with Crippen LogP contribution in [0.2, 0.25) is 0 Å². The lowest BCUT2D eigenvalue weighted by molar-refractivity contribution is 0.636. The normalized spacial score (nSPS) is 16.2. The van der Waals surface area contributed by atoms with Gasteiger partial charge in [-0.15, -0.1) is 0 Å². The van der Waals surface area contributed by atoms with Crippen LogP contribution in [-0.4, -0.2) is 4.57 Å². The molecule has 0 bridgehead atoms. The van der Waals surface area contributed by atoms with E-state index in [4.69, 9.17) is 0 Å². The lowest BCUT2D eigenvalue weighted by atomic mass is 9.76. The molecule has 0 atom stereocenters. The van der Waals surface area contributed by atoms with Gasteiger partial charge in [-0.1, -0.05) is 32.0 Å². The topological polar surface area (TPSA) is 17.0 Å². The van der Waals surface area contributed by atoms with Crippen molar-refractivity contribution in [2.45, 2.75) is 19.3 Å². The number of fused-ring (bicyclic) bond motifs is 2. The van der Waals surface area contributed by atoms with E-state index in [1.54, 1.807) is 0 Å². The van der Waals surface area contributed by atoms with Crippen LogP contribution < -0.4 is 5.32 Å². The van der Waals surface area contributed by atoms with Gasteiger partial charge in [0.1, 0.15) is 5.82 Å². The molecule has 1 N–H and O–H groups in total. The zero-order valence-corrected chi connectivity index (χ0v) is 9.91. The van der Waals surface area contributed by atoms with E-state index >= 15 is 0 Å². The van der Waals surface area contributed by atoms with Gasteiger partial charge in [-0.2, -0.15) is 0 Å². The van der Waals surface area contributed by atoms with Crippen molar-refractivity contribution in [3.05, 3.63) is 47.7 Å². The highest BCUT2D eigenvalue weighted by Crippen LogP contribution is 2.45. The van der Waals surface area contributed by atoms with Crippen LogP contribution in [0, 0.1) is 0 Å². The minimum absolute atomic E-state index is 0.0818. The second kappa shape index (κ2) is 2.91. The van der Waals surface area contributed by atoms with Crippen LogP contribution in [0.1, 0.15) is 25.0 Å². The van der Waals surface area contributed by atoms with E-state index in [0.717, 1.165) is 0 Å². The van der Waals surface area contributed by atoms with E-state index in [-0.39, 0.29) is 5.41 Å². The lowest BCUT2D eigenvalue weighted by Crippen LogP contribution is -2.25. The number of aromatic nitrogens is 1. The molecule has 0 aliphatic carbocycles. The quantitative estimate of drug-likeness (QED) is 0.708. The minimum Gasteiger partial charge on any atom is -0.341 e. The maximum Gasteiger partial charge on any atom is 0.114 e. The molecule has 82 valence electrons. The Morgan fingerprint density at radius 1 is 1.06 bits per heavy atom. The molecule has 0 saturated heterocycles. The smallest absolute Gasteiger partial charge is 0.114 e. The van der Waals surface area contributed by atoms with Crippen molar-refractivity contribution in [3.8, 4) is 0 Å². The predicted molar refractivity (Wildman–Crippen MR) is 67.3 cm³/mol. The van der Waals surface area contributed by atoms with E-state index in [2.05, 4.69) is 67.3 Å². The first kappa shape index (κ1) is 9.52. The summed E-state index contributed by atoms with van der Waals surface area (Å²) in [6.07, 6.45) is 2.12. The first-order valence-corrected chi connectivity index (χ1v) is 5.63. The highest BCUT2D eigenvalue weighted by Gasteiger charge is 2.33. The Labute approximate surface area is 95.9 Å². The predicted octanol–water partition coefficient (Wildman–Crippen LogP) is 3.41. The zero-order chi connectivity index (χ0) is 11.3. The van der Waals surface area contributed by atoms with Gasteiger partial charge >= 0.3 is 0 Å². The molecule has 2 aromatic rings. The van der Waals surface area contributed by atoms with Crippen molar-refractivity contribution in [2.24, 2.45) is 7.05 Å². The zero-order valence-electron chi connectivity index (χ0n) is 9.91. The fourth-order valence-corrected chi connectivity index (χ4v) is 2.60. The summed E-state index contributed by atoms with van der Waals surface area (Å²) in [5.74, 6) is 1.21. The number of hydrogen-bond acceptors (Lipinski definition) is 1. The number of benzene rings is 1. The second-order valence-corrected chi connectivity index (χ2v) is 4.98. The van der Waals surface area contributed by atoms with Crippen molar-refractivity contribution >= 4 is 11.5 Å². The molecule has 1 aliphatic heterocycles. The summed E-state index contributed by atoms with van der Waals surface area (Å²) in [6.45, 7) is 4.57. The number of nitrogens with zero attached hydrogens (tertiary/aromatic N) is 1. The van der Waals surface area contributed by atoms with Gasteiger partial charge in [-0.3, -0.25) is 0 Å². The minimum atomic E-state index is 0.0818. The Bertz CT molecular complexity index is 550. The molecule has 0 unspecified atom stereocenters. The highest BCUT2D eigenvalue weighted by atomic mass is 15.1. The third-order valence-electron chi connectivity index (χ3n) is 3.60. The summed E-state index contributed by atoms with van der Waals surface area (Å²) in [6, 6.07) is 10.7. The number of nitrogens with one attached hydrogen (secondary N) is 1. The second-order valence-electron chi connectivity index (χ2n) is 4.98. The van der Waals surface area contributed by atoms with Crippen LogP contribution in [0.5, 0.6) is 0 Å². The van der Waals surface area contributed by atoms with Crippen LogP contribution in [0.3, 0.4) is 0 Å². The van der Waals surface area contributed by atoms with Gasteiger partial charge in [0, 0.05) is 29.9 Å². The molecule has 0 spiro atoms. The standard InChI is InChI=1S/C14H16N2/c1-14(2)10-6-4-5-7-12(10)15-13-11(14)8-9-16(13)3/h4-9,15H,1-3H3. The van der Waals surface area contributed by atoms with Crippen molar-refractivity contribution < 1.29 is 0 Å². The van der Waals surface area contributed by atoms with Crippen molar-refractivity contribution in [1.82, 2.24) is 4.57 Å². The molecule has 1 aromatic carbocycles. The fourth-order valence-electron chi connectivity index (χ4n) is 2.60. The van der Waals surface area contributed by atoms with Gasteiger partial charge in [0.2, 0.25) is 0 Å². The molecule has 3 rings (SSSR count). The largest absolute Gasteiger partial charge is 0.341 e. The first-order valence-electron chi connectivity index (χ1n) is 5.63. The van der Waals surface area contributed by atoms with Crippen molar-refractivity contribution in [3.63, 3.8) is 0 Å². The number of anilines is 2. The van der Waals surface area contributed by atoms with Crippen LogP contribution in [0.15, 0.2) is 36.5 Å². The number of aryl methyl sites for hydroxylation is 1. The molecule has 0 saturated carbocycles. The van der Waals surface area contributed by atoms with Crippen LogP contribution in [0.25, 0.3) is 0 Å². The molecular weight excluding hydrogens is 196 g/mol. The summed E-state index contributed by atoms with van der Waals surface area (Å²) in [5, 5.41) is 3.51. The van der Waals surface area contributed by atoms with Gasteiger partial charge in [0.05, 0.1) is 0 Å². The number of hydrogen-bond donors (Lipinski definition) is 1. The molecule has 1 aliphatic rings. The van der Waals surface area contributed by atoms with Crippen LogP contribution in [-0.2, 0) is 12.5 Å². The Morgan fingerprint density at radius 3 is 2.62 bits per heavy atom. The van der Waals surface area contributed by atoms with Crippen LogP contribution >= 0.6 is 0 Å². The van der Waals surface area contributed by atoms with E-state index < -0.39 is 0 Å². The van der Waals surface area contributed by atoms with E-state index in [9.17, 15) is 0 Å². The summed E-state index contributed by atoms with van der Waals surface area (Å²) in [5.41, 5.74) is 4.04. The molecule has 2 nitrogen and oxygen atoms in total. The van der Waals surface area contributed by atoms with E-state index in [1.807, 2.05) is 0 Å². The van der Waals surface area contributed by atoms with E-state index in [0.29, 0.717) is 0 Å². The average Bonchev–Trinajstić information content (AvgIpc) is 2.62. The molecular formula is C14H16N2. The summed E-state index contributed by atoms with van der Waals surface area (Å²) >= 11 is 0. The van der Waals surface area contributed by atoms with Crippen molar-refractivity contribution in [1.29, 1.82) is 0 Å². The van der Waals surface area contributed by atoms with Gasteiger partial charge in [-0.05, 0) is 17.7 Å². The van der Waals surface area contributed by atoms with Gasteiger partial charge in [0.15, 0.2) is 0 Å². The first-order chi connectivity index (χ1) is 7.60. The van der Waals surface area contributed by atoms with Crippen LogP contribution in [0.4, 0.5) is 11.5 Å². The lowest BCUT2D eigenvalue weighted by Gasteiger charge is -2.34. The SMILES string of the molecule is Cn1ccc2c1Nc1ccccc1C2(C)C. The summed E-state index contributed by atoms with van der Waals surface area (Å²) in [4.78, 5) is 0. The molecule has 16 heavy (non-hydrogen) atoms. The Kier molecular flexibility index (Phi) is 1.73. The maximum absolute atomic E-state index is 3.51. The summed E-state index contributed by atoms with van der Waals surface area (Å²) in [7, 11) is 2.08.